The van der Waals surface area contributed by atoms with E-state index in [2.05, 4.69) is 14.5 Å². The maximum atomic E-state index is 12.6. The smallest absolute Gasteiger partial charge is 0.481 e. The van der Waals surface area contributed by atoms with Gasteiger partial charge in [0.15, 0.2) is 5.69 Å². The van der Waals surface area contributed by atoms with E-state index < -0.39 is 40.7 Å². The summed E-state index contributed by atoms with van der Waals surface area (Å²) in [5.74, 6) is -2.29. The summed E-state index contributed by atoms with van der Waals surface area (Å²) < 4.78 is 69.0. The van der Waals surface area contributed by atoms with E-state index in [1.165, 1.54) is 0 Å². The fourth-order valence-corrected chi connectivity index (χ4v) is 1.12. The zero-order valence-corrected chi connectivity index (χ0v) is 9.07. The van der Waals surface area contributed by atoms with Gasteiger partial charge in [0, 0.05) is 0 Å². The highest BCUT2D eigenvalue weighted by molar-refractivity contribution is 5.52. The molecular formula is C8H5F5N2O4. The van der Waals surface area contributed by atoms with E-state index >= 15 is 0 Å². The molecule has 0 saturated heterocycles. The number of hydrogen-bond acceptors (Lipinski definition) is 5. The molecule has 0 aliphatic rings. The average Bonchev–Trinajstić information content (AvgIpc) is 2.26. The standard InChI is InChI=1S/C8H5F5N2O4/c1-18-4-2-3(15(16)17)6(19-8(11,12)13)5(14-4)7(9)10/h2,7H,1H3. The number of hydrogen-bond donors (Lipinski definition) is 0. The normalized spacial score (nSPS) is 11.5. The summed E-state index contributed by atoms with van der Waals surface area (Å²) in [6, 6.07) is 0.451. The Balaban J connectivity index is 3.49. The molecule has 1 aromatic rings. The van der Waals surface area contributed by atoms with Crippen LogP contribution in [-0.4, -0.2) is 23.4 Å². The lowest BCUT2D eigenvalue weighted by molar-refractivity contribution is -0.389. The van der Waals surface area contributed by atoms with Gasteiger partial charge in [-0.2, -0.15) is 0 Å². The van der Waals surface area contributed by atoms with Crippen LogP contribution in [0, 0.1) is 10.1 Å². The molecule has 0 aliphatic carbocycles. The van der Waals surface area contributed by atoms with Crippen molar-refractivity contribution in [2.24, 2.45) is 0 Å². The van der Waals surface area contributed by atoms with Gasteiger partial charge in [0.2, 0.25) is 11.6 Å². The summed E-state index contributed by atoms with van der Waals surface area (Å²) in [5, 5.41) is 10.6. The van der Waals surface area contributed by atoms with Crippen molar-refractivity contribution in [2.45, 2.75) is 12.8 Å². The second-order valence-corrected chi connectivity index (χ2v) is 3.00. The highest BCUT2D eigenvalue weighted by Crippen LogP contribution is 2.40. The topological polar surface area (TPSA) is 74.5 Å². The molecule has 0 radical (unpaired) electrons. The van der Waals surface area contributed by atoms with Gasteiger partial charge in [0.1, 0.15) is 0 Å². The molecule has 0 fully saturated rings. The number of pyridine rings is 1. The Bertz CT molecular complexity index is 491. The Morgan fingerprint density at radius 3 is 2.37 bits per heavy atom. The third-order valence-corrected chi connectivity index (χ3v) is 1.79. The minimum atomic E-state index is -5.37. The number of ether oxygens (including phenoxy) is 2. The molecule has 19 heavy (non-hydrogen) atoms. The number of halogens is 5. The maximum Gasteiger partial charge on any atom is 0.573 e. The fraction of sp³-hybridized carbons (Fsp3) is 0.375. The van der Waals surface area contributed by atoms with Gasteiger partial charge in [-0.3, -0.25) is 10.1 Å². The van der Waals surface area contributed by atoms with E-state index in [4.69, 9.17) is 0 Å². The molecule has 0 aromatic carbocycles. The lowest BCUT2D eigenvalue weighted by atomic mass is 10.3. The van der Waals surface area contributed by atoms with Crippen LogP contribution in [0.2, 0.25) is 0 Å². The predicted molar refractivity (Wildman–Crippen MR) is 49.1 cm³/mol. The van der Waals surface area contributed by atoms with Crippen LogP contribution in [0.5, 0.6) is 11.6 Å². The first kappa shape index (κ1) is 14.9. The van der Waals surface area contributed by atoms with Crippen LogP contribution < -0.4 is 9.47 Å². The number of aromatic nitrogens is 1. The van der Waals surface area contributed by atoms with Gasteiger partial charge in [0.05, 0.1) is 18.1 Å². The van der Waals surface area contributed by atoms with E-state index in [1.807, 2.05) is 0 Å². The summed E-state index contributed by atoms with van der Waals surface area (Å²) in [5.41, 5.74) is -2.84. The van der Waals surface area contributed by atoms with E-state index in [1.54, 1.807) is 0 Å². The number of nitro groups is 1. The lowest BCUT2D eigenvalue weighted by Crippen LogP contribution is -2.19. The van der Waals surface area contributed by atoms with E-state index in [0.717, 1.165) is 7.11 Å². The van der Waals surface area contributed by atoms with Crippen LogP contribution in [0.15, 0.2) is 6.07 Å². The quantitative estimate of drug-likeness (QED) is 0.484. The molecule has 0 amide bonds. The first-order valence-corrected chi connectivity index (χ1v) is 4.43. The van der Waals surface area contributed by atoms with Gasteiger partial charge in [-0.15, -0.1) is 13.2 Å². The van der Waals surface area contributed by atoms with Crippen molar-refractivity contribution in [1.82, 2.24) is 4.98 Å². The van der Waals surface area contributed by atoms with Gasteiger partial charge in [0.25, 0.3) is 6.43 Å². The van der Waals surface area contributed by atoms with Crippen molar-refractivity contribution in [3.05, 3.63) is 21.9 Å². The highest BCUT2D eigenvalue weighted by Gasteiger charge is 2.38. The molecule has 11 heteroatoms. The third-order valence-electron chi connectivity index (χ3n) is 1.79. The van der Waals surface area contributed by atoms with Crippen molar-refractivity contribution in [1.29, 1.82) is 0 Å². The van der Waals surface area contributed by atoms with Crippen LogP contribution in [0.1, 0.15) is 12.1 Å². The molecule has 6 nitrogen and oxygen atoms in total. The third kappa shape index (κ3) is 3.63. The average molecular weight is 288 g/mol. The summed E-state index contributed by atoms with van der Waals surface area (Å²) in [6.07, 6.45) is -8.88. The van der Waals surface area contributed by atoms with Crippen LogP contribution in [0.3, 0.4) is 0 Å². The summed E-state index contributed by atoms with van der Waals surface area (Å²) in [6.45, 7) is 0. The zero-order chi connectivity index (χ0) is 14.8. The zero-order valence-electron chi connectivity index (χ0n) is 9.07. The molecule has 1 aromatic heterocycles. The molecule has 0 bridgehead atoms. The molecule has 0 spiro atoms. The van der Waals surface area contributed by atoms with Crippen LogP contribution >= 0.6 is 0 Å². The Hall–Kier alpha value is -2.20. The van der Waals surface area contributed by atoms with Gasteiger partial charge < -0.3 is 9.47 Å². The maximum absolute atomic E-state index is 12.6. The van der Waals surface area contributed by atoms with Crippen molar-refractivity contribution in [3.63, 3.8) is 0 Å². The number of rotatable bonds is 4. The molecule has 1 heterocycles. The molecule has 0 aliphatic heterocycles. The second kappa shape index (κ2) is 5.20. The molecular weight excluding hydrogens is 283 g/mol. The van der Waals surface area contributed by atoms with Crippen molar-refractivity contribution < 1.29 is 36.3 Å². The molecule has 0 unspecified atom stereocenters. The van der Waals surface area contributed by atoms with Crippen LogP contribution in [-0.2, 0) is 0 Å². The van der Waals surface area contributed by atoms with Crippen molar-refractivity contribution in [3.8, 4) is 11.6 Å². The number of nitrogens with zero attached hydrogens (tertiary/aromatic N) is 2. The van der Waals surface area contributed by atoms with E-state index in [9.17, 15) is 32.1 Å². The molecule has 0 atom stereocenters. The molecule has 0 N–H and O–H groups in total. The molecule has 0 saturated carbocycles. The van der Waals surface area contributed by atoms with Crippen molar-refractivity contribution >= 4 is 5.69 Å². The van der Waals surface area contributed by atoms with Crippen LogP contribution in [0.4, 0.5) is 27.6 Å². The lowest BCUT2D eigenvalue weighted by Gasteiger charge is -2.13. The van der Waals surface area contributed by atoms with Crippen molar-refractivity contribution in [2.75, 3.05) is 7.11 Å². The SMILES string of the molecule is COc1cc([N+](=O)[O-])c(OC(F)(F)F)c(C(F)F)n1. The summed E-state index contributed by atoms with van der Waals surface area (Å²) in [7, 11) is 0.964. The largest absolute Gasteiger partial charge is 0.573 e. The highest BCUT2D eigenvalue weighted by atomic mass is 19.4. The minimum Gasteiger partial charge on any atom is -0.481 e. The second-order valence-electron chi connectivity index (χ2n) is 3.00. The Morgan fingerprint density at radius 1 is 1.42 bits per heavy atom. The van der Waals surface area contributed by atoms with Crippen LogP contribution in [0.25, 0.3) is 0 Å². The monoisotopic (exact) mass is 288 g/mol. The predicted octanol–water partition coefficient (Wildman–Crippen LogP) is 2.83. The van der Waals surface area contributed by atoms with Gasteiger partial charge in [-0.05, 0) is 0 Å². The first-order chi connectivity index (χ1) is 8.65. The number of methoxy groups -OCH3 is 1. The molecule has 1 rings (SSSR count). The van der Waals surface area contributed by atoms with E-state index in [0.29, 0.717) is 6.07 Å². The first-order valence-electron chi connectivity index (χ1n) is 4.43. The Morgan fingerprint density at radius 2 is 2.00 bits per heavy atom. The summed E-state index contributed by atoms with van der Waals surface area (Å²) in [4.78, 5) is 12.3. The van der Waals surface area contributed by atoms with Gasteiger partial charge in [-0.25, -0.2) is 13.8 Å². The Kier molecular flexibility index (Phi) is 4.07. The number of alkyl halides is 5. The van der Waals surface area contributed by atoms with Gasteiger partial charge in [-0.1, -0.05) is 0 Å². The minimum absolute atomic E-state index is 0.451. The van der Waals surface area contributed by atoms with Gasteiger partial charge >= 0.3 is 12.0 Å². The van der Waals surface area contributed by atoms with E-state index in [-0.39, 0.29) is 0 Å². The Labute approximate surface area is 101 Å². The molecule has 106 valence electrons. The summed E-state index contributed by atoms with van der Waals surface area (Å²) >= 11 is 0. The fourth-order valence-electron chi connectivity index (χ4n) is 1.12.